The molecule has 0 aliphatic rings. The van der Waals surface area contributed by atoms with E-state index >= 15 is 0 Å². The van der Waals surface area contributed by atoms with Crippen molar-refractivity contribution in [3.8, 4) is 0 Å². The Morgan fingerprint density at radius 2 is 2.27 bits per heavy atom. The van der Waals surface area contributed by atoms with Gasteiger partial charge in [0.05, 0.1) is 6.20 Å². The minimum atomic E-state index is -0.907. The zero-order valence-corrected chi connectivity index (χ0v) is 14.2. The Balaban J connectivity index is 2.41. The minimum absolute atomic E-state index is 0.237. The molecule has 0 spiro atoms. The summed E-state index contributed by atoms with van der Waals surface area (Å²) in [7, 11) is 0. The molecule has 6 heteroatoms. The largest absolute Gasteiger partial charge is 0.480 e. The Labute approximate surface area is 135 Å². The maximum absolute atomic E-state index is 11.2. The molecule has 1 aromatic heterocycles. The van der Waals surface area contributed by atoms with Crippen molar-refractivity contribution < 1.29 is 14.3 Å². The van der Waals surface area contributed by atoms with Crippen LogP contribution < -0.4 is 5.32 Å². The number of rotatable bonds is 10. The van der Waals surface area contributed by atoms with E-state index < -0.39 is 12.0 Å². The van der Waals surface area contributed by atoms with Gasteiger partial charge in [-0.05, 0) is 26.7 Å². The smallest absolute Gasteiger partial charge is 0.327 e. The summed E-state index contributed by atoms with van der Waals surface area (Å²) in [5, 5.41) is 12.0. The van der Waals surface area contributed by atoms with Crippen LogP contribution in [0.25, 0.3) is 0 Å². The van der Waals surface area contributed by atoms with Crippen molar-refractivity contribution in [2.75, 3.05) is 16.8 Å². The third-order valence-electron chi connectivity index (χ3n) is 3.03. The first-order chi connectivity index (χ1) is 10.5. The summed E-state index contributed by atoms with van der Waals surface area (Å²) in [5.74, 6) is 0.347. The number of nitrogens with zero attached hydrogens (tertiary/aromatic N) is 1. The maximum Gasteiger partial charge on any atom is 0.327 e. The summed E-state index contributed by atoms with van der Waals surface area (Å²) in [6.07, 6.45) is 9.28. The summed E-state index contributed by atoms with van der Waals surface area (Å²) in [6, 6.07) is -0.471. The normalized spacial score (nSPS) is 12.8. The molecule has 2 N–H and O–H groups in total. The molecule has 0 bridgehead atoms. The Hall–Kier alpha value is -1.69. The molecule has 1 heterocycles. The van der Waals surface area contributed by atoms with Crippen LogP contribution in [0.3, 0.4) is 0 Å². The van der Waals surface area contributed by atoms with Crippen LogP contribution >= 0.6 is 11.8 Å². The monoisotopic (exact) mass is 324 g/mol. The quantitative estimate of drug-likeness (QED) is 0.501. The number of anilines is 1. The molecule has 1 aromatic rings. The van der Waals surface area contributed by atoms with Crippen LogP contribution in [0.15, 0.2) is 40.2 Å². The predicted molar refractivity (Wildman–Crippen MR) is 91.3 cm³/mol. The number of nitrogens with one attached hydrogen (secondary N) is 1. The summed E-state index contributed by atoms with van der Waals surface area (Å²) < 4.78 is 5.02. The number of oxazole rings is 1. The van der Waals surface area contributed by atoms with Crippen LogP contribution in [0.2, 0.25) is 0 Å². The lowest BCUT2D eigenvalue weighted by Crippen LogP contribution is -2.31. The van der Waals surface area contributed by atoms with Gasteiger partial charge < -0.3 is 14.8 Å². The third-order valence-corrected chi connectivity index (χ3v) is 4.00. The van der Waals surface area contributed by atoms with Crippen molar-refractivity contribution in [1.29, 1.82) is 0 Å². The standard InChI is InChI=1S/C16H24N2O3S/c1-4-13(6-5-12(2)3)7-10-22-11-14(15(19)20)18-16-17-8-9-21-16/h5,7-9,14H,4,6,10-11H2,1-3H3,(H,17,18)(H,19,20)/b13-7-. The van der Waals surface area contributed by atoms with Crippen LogP contribution in [-0.4, -0.2) is 33.6 Å². The number of carboxylic acid groups (broad SMARTS) is 1. The topological polar surface area (TPSA) is 75.4 Å². The van der Waals surface area contributed by atoms with Gasteiger partial charge in [0.15, 0.2) is 0 Å². The molecule has 0 radical (unpaired) electrons. The number of hydrogen-bond acceptors (Lipinski definition) is 5. The maximum atomic E-state index is 11.2. The van der Waals surface area contributed by atoms with E-state index in [0.29, 0.717) is 5.75 Å². The molecule has 1 unspecified atom stereocenters. The van der Waals surface area contributed by atoms with Crippen LogP contribution in [0, 0.1) is 0 Å². The van der Waals surface area contributed by atoms with Crippen LogP contribution in [-0.2, 0) is 4.79 Å². The molecule has 1 rings (SSSR count). The summed E-state index contributed by atoms with van der Waals surface area (Å²) >= 11 is 1.58. The second-order valence-corrected chi connectivity index (χ2v) is 6.19. The number of thioether (sulfide) groups is 1. The highest BCUT2D eigenvalue weighted by molar-refractivity contribution is 7.99. The van der Waals surface area contributed by atoms with E-state index in [0.717, 1.165) is 18.6 Å². The highest BCUT2D eigenvalue weighted by Crippen LogP contribution is 2.14. The molecule has 0 saturated carbocycles. The molecule has 22 heavy (non-hydrogen) atoms. The fourth-order valence-electron chi connectivity index (χ4n) is 1.69. The van der Waals surface area contributed by atoms with E-state index in [2.05, 4.69) is 43.2 Å². The number of carbonyl (C=O) groups is 1. The summed E-state index contributed by atoms with van der Waals surface area (Å²) in [6.45, 7) is 6.32. The average molecular weight is 324 g/mol. The molecule has 0 saturated heterocycles. The summed E-state index contributed by atoms with van der Waals surface area (Å²) in [4.78, 5) is 15.1. The molecule has 122 valence electrons. The number of allylic oxidation sites excluding steroid dienone is 3. The van der Waals surface area contributed by atoms with Crippen LogP contribution in [0.5, 0.6) is 0 Å². The predicted octanol–water partition coefficient (Wildman–Crippen LogP) is 3.97. The fourth-order valence-corrected chi connectivity index (χ4v) is 2.64. The molecule has 0 fully saturated rings. The number of aliphatic carboxylic acids is 1. The zero-order chi connectivity index (χ0) is 16.4. The number of hydrogen-bond donors (Lipinski definition) is 2. The SMILES string of the molecule is CC/C(=C/CSCC(Nc1ncco1)C(=O)O)CC=C(C)C. The Morgan fingerprint density at radius 3 is 2.82 bits per heavy atom. The van der Waals surface area contributed by atoms with Gasteiger partial charge in [0.25, 0.3) is 6.01 Å². The van der Waals surface area contributed by atoms with Crippen molar-refractivity contribution in [2.45, 2.75) is 39.7 Å². The lowest BCUT2D eigenvalue weighted by molar-refractivity contribution is -0.137. The molecule has 0 aliphatic carbocycles. The van der Waals surface area contributed by atoms with Crippen LogP contribution in [0.4, 0.5) is 6.01 Å². The average Bonchev–Trinajstić information content (AvgIpc) is 2.97. The Kier molecular flexibility index (Phi) is 8.43. The van der Waals surface area contributed by atoms with Gasteiger partial charge in [-0.2, -0.15) is 11.8 Å². The van der Waals surface area contributed by atoms with Gasteiger partial charge in [-0.1, -0.05) is 30.2 Å². The van der Waals surface area contributed by atoms with Gasteiger partial charge in [0.2, 0.25) is 0 Å². The van der Waals surface area contributed by atoms with Gasteiger partial charge in [-0.15, -0.1) is 0 Å². The van der Waals surface area contributed by atoms with E-state index in [-0.39, 0.29) is 6.01 Å². The minimum Gasteiger partial charge on any atom is -0.480 e. The van der Waals surface area contributed by atoms with E-state index in [9.17, 15) is 9.90 Å². The number of aromatic nitrogens is 1. The van der Waals surface area contributed by atoms with Crippen molar-refractivity contribution in [1.82, 2.24) is 4.98 Å². The number of carboxylic acids is 1. The van der Waals surface area contributed by atoms with Crippen molar-refractivity contribution >= 4 is 23.7 Å². The first-order valence-electron chi connectivity index (χ1n) is 7.30. The highest BCUT2D eigenvalue weighted by Gasteiger charge is 2.18. The van der Waals surface area contributed by atoms with E-state index in [1.165, 1.54) is 23.6 Å². The summed E-state index contributed by atoms with van der Waals surface area (Å²) in [5.41, 5.74) is 2.69. The zero-order valence-electron chi connectivity index (χ0n) is 13.3. The van der Waals surface area contributed by atoms with Crippen molar-refractivity contribution in [2.24, 2.45) is 0 Å². The van der Waals surface area contributed by atoms with Crippen LogP contribution in [0.1, 0.15) is 33.6 Å². The molecule has 0 aliphatic heterocycles. The van der Waals surface area contributed by atoms with Gasteiger partial charge in [-0.3, -0.25) is 0 Å². The molecule has 1 atom stereocenters. The van der Waals surface area contributed by atoms with Gasteiger partial charge in [-0.25, -0.2) is 9.78 Å². The molecule has 0 amide bonds. The van der Waals surface area contributed by atoms with E-state index in [4.69, 9.17) is 4.42 Å². The van der Waals surface area contributed by atoms with Crippen molar-refractivity contribution in [3.63, 3.8) is 0 Å². The van der Waals surface area contributed by atoms with Gasteiger partial charge in [0.1, 0.15) is 12.3 Å². The van der Waals surface area contributed by atoms with Crippen molar-refractivity contribution in [3.05, 3.63) is 35.8 Å². The van der Waals surface area contributed by atoms with E-state index in [1.807, 2.05) is 0 Å². The molecule has 0 aromatic carbocycles. The Morgan fingerprint density at radius 1 is 1.50 bits per heavy atom. The lowest BCUT2D eigenvalue weighted by atomic mass is 10.1. The van der Waals surface area contributed by atoms with E-state index in [1.54, 1.807) is 11.8 Å². The fraction of sp³-hybridized carbons (Fsp3) is 0.500. The second-order valence-electron chi connectivity index (χ2n) is 5.11. The molecular weight excluding hydrogens is 300 g/mol. The lowest BCUT2D eigenvalue weighted by Gasteiger charge is -2.12. The second kappa shape index (κ2) is 10.1. The first kappa shape index (κ1) is 18.4. The van der Waals surface area contributed by atoms with Gasteiger partial charge >= 0.3 is 5.97 Å². The Bertz CT molecular complexity index is 505. The third kappa shape index (κ3) is 7.36. The highest BCUT2D eigenvalue weighted by atomic mass is 32.2. The molecular formula is C16H24N2O3S. The molecule has 5 nitrogen and oxygen atoms in total. The first-order valence-corrected chi connectivity index (χ1v) is 8.46. The van der Waals surface area contributed by atoms with Gasteiger partial charge in [0, 0.05) is 11.5 Å².